The first-order valence-electron chi connectivity index (χ1n) is 3.78. The van der Waals surface area contributed by atoms with Gasteiger partial charge in [0.2, 0.25) is 0 Å². The van der Waals surface area contributed by atoms with Gasteiger partial charge in [-0.25, -0.2) is 0 Å². The summed E-state index contributed by atoms with van der Waals surface area (Å²) in [7, 11) is 0. The Hall–Kier alpha value is -1.33. The van der Waals surface area contributed by atoms with Crippen molar-refractivity contribution in [2.24, 2.45) is 0 Å². The normalized spacial score (nSPS) is 12.7. The standard InChI is InChI=1S/C9H5F6/c10-8(11,12)5-6-2-1-3-7(4-6)9(13,14)15/h1-5H/q-1. The van der Waals surface area contributed by atoms with Crippen molar-refractivity contribution in [3.8, 4) is 0 Å². The summed E-state index contributed by atoms with van der Waals surface area (Å²) < 4.78 is 71.8. The molecule has 0 heterocycles. The van der Waals surface area contributed by atoms with Gasteiger partial charge in [-0.05, 0) is 5.56 Å². The zero-order valence-electron chi connectivity index (χ0n) is 7.15. The zero-order chi connectivity index (χ0) is 11.7. The third kappa shape index (κ3) is 3.73. The van der Waals surface area contributed by atoms with Gasteiger partial charge in [0, 0.05) is 0 Å². The SMILES string of the molecule is FC(F)(F)[CH-]c1cccc(C(F)(F)F)c1. The number of halogens is 6. The van der Waals surface area contributed by atoms with Crippen molar-refractivity contribution in [1.82, 2.24) is 0 Å². The molecule has 0 aliphatic carbocycles. The molecule has 0 fully saturated rings. The summed E-state index contributed by atoms with van der Waals surface area (Å²) in [6.45, 7) is 0. The molecule has 0 aromatic heterocycles. The van der Waals surface area contributed by atoms with E-state index in [9.17, 15) is 26.3 Å². The van der Waals surface area contributed by atoms with Crippen LogP contribution in [-0.4, -0.2) is 6.18 Å². The highest BCUT2D eigenvalue weighted by Gasteiger charge is 2.29. The molecule has 15 heavy (non-hydrogen) atoms. The maximum Gasteiger partial charge on any atom is 0.405 e. The first-order chi connectivity index (χ1) is 6.68. The van der Waals surface area contributed by atoms with Crippen LogP contribution in [0.3, 0.4) is 0 Å². The van der Waals surface area contributed by atoms with E-state index in [2.05, 4.69) is 0 Å². The molecule has 1 aromatic rings. The van der Waals surface area contributed by atoms with E-state index >= 15 is 0 Å². The van der Waals surface area contributed by atoms with Crippen LogP contribution in [0.4, 0.5) is 26.3 Å². The molecule has 0 saturated carbocycles. The number of rotatable bonds is 1. The minimum absolute atomic E-state index is 0.178. The molecule has 0 unspecified atom stereocenters. The molecule has 0 nitrogen and oxygen atoms in total. The third-order valence-electron chi connectivity index (χ3n) is 1.54. The zero-order valence-corrected chi connectivity index (χ0v) is 7.15. The van der Waals surface area contributed by atoms with E-state index in [0.717, 1.165) is 12.1 Å². The minimum Gasteiger partial charge on any atom is -0.183 e. The second-order valence-electron chi connectivity index (χ2n) is 2.81. The molecule has 0 spiro atoms. The van der Waals surface area contributed by atoms with E-state index in [0.29, 0.717) is 12.1 Å². The number of hydrogen-bond acceptors (Lipinski definition) is 0. The topological polar surface area (TPSA) is 0 Å². The highest BCUT2D eigenvalue weighted by Crippen LogP contribution is 2.31. The third-order valence-corrected chi connectivity index (χ3v) is 1.54. The average molecular weight is 227 g/mol. The summed E-state index contributed by atoms with van der Waals surface area (Å²) in [5.41, 5.74) is -1.61. The van der Waals surface area contributed by atoms with E-state index < -0.39 is 23.5 Å². The average Bonchev–Trinajstić information content (AvgIpc) is 1.99. The van der Waals surface area contributed by atoms with Gasteiger partial charge in [-0.2, -0.15) is 44.0 Å². The van der Waals surface area contributed by atoms with Crippen LogP contribution in [0.5, 0.6) is 0 Å². The Morgan fingerprint density at radius 3 is 2.00 bits per heavy atom. The van der Waals surface area contributed by atoms with Crippen LogP contribution < -0.4 is 0 Å². The Morgan fingerprint density at radius 2 is 1.53 bits per heavy atom. The number of hydrogen-bond donors (Lipinski definition) is 0. The van der Waals surface area contributed by atoms with Crippen LogP contribution in [0.2, 0.25) is 0 Å². The van der Waals surface area contributed by atoms with E-state index in [1.54, 1.807) is 0 Å². The monoisotopic (exact) mass is 227 g/mol. The second kappa shape index (κ2) is 3.67. The van der Waals surface area contributed by atoms with E-state index in [1.165, 1.54) is 0 Å². The van der Waals surface area contributed by atoms with Gasteiger partial charge in [-0.1, -0.05) is 12.5 Å². The molecule has 0 N–H and O–H groups in total. The molecule has 0 atom stereocenters. The van der Waals surface area contributed by atoms with Crippen molar-refractivity contribution in [2.75, 3.05) is 0 Å². The lowest BCUT2D eigenvalue weighted by Gasteiger charge is -2.16. The van der Waals surface area contributed by atoms with E-state index in [-0.39, 0.29) is 6.42 Å². The Kier molecular flexibility index (Phi) is 2.88. The Balaban J connectivity index is 2.94. The van der Waals surface area contributed by atoms with Crippen molar-refractivity contribution in [2.45, 2.75) is 12.4 Å². The summed E-state index contributed by atoms with van der Waals surface area (Å²) >= 11 is 0. The second-order valence-corrected chi connectivity index (χ2v) is 2.81. The Bertz CT molecular complexity index is 335. The van der Waals surface area contributed by atoms with E-state index in [4.69, 9.17) is 0 Å². The predicted octanol–water partition coefficient (Wildman–Crippen LogP) is 3.82. The lowest BCUT2D eigenvalue weighted by atomic mass is 10.1. The first kappa shape index (κ1) is 11.7. The van der Waals surface area contributed by atoms with Gasteiger partial charge in [0.15, 0.2) is 0 Å². The fraction of sp³-hybridized carbons (Fsp3) is 0.222. The molecule has 84 valence electrons. The highest BCUT2D eigenvalue weighted by molar-refractivity contribution is 5.31. The summed E-state index contributed by atoms with van der Waals surface area (Å²) in [5, 5.41) is 0. The minimum atomic E-state index is -4.63. The fourth-order valence-corrected chi connectivity index (χ4v) is 0.994. The van der Waals surface area contributed by atoms with Crippen LogP contribution >= 0.6 is 0 Å². The van der Waals surface area contributed by atoms with Crippen LogP contribution in [0.25, 0.3) is 0 Å². The lowest BCUT2D eigenvalue weighted by Crippen LogP contribution is -2.10. The summed E-state index contributed by atoms with van der Waals surface area (Å²) in [4.78, 5) is 0. The van der Waals surface area contributed by atoms with Crippen molar-refractivity contribution >= 4 is 0 Å². The summed E-state index contributed by atoms with van der Waals surface area (Å²) in [5.74, 6) is 0. The largest absolute Gasteiger partial charge is 0.405 e. The smallest absolute Gasteiger partial charge is 0.183 e. The van der Waals surface area contributed by atoms with Crippen LogP contribution in [-0.2, 0) is 6.18 Å². The maximum atomic E-state index is 12.1. The molecular formula is C9H5F6-. The number of benzene rings is 1. The van der Waals surface area contributed by atoms with Gasteiger partial charge in [0.25, 0.3) is 0 Å². The van der Waals surface area contributed by atoms with Gasteiger partial charge in [-0.3, -0.25) is 0 Å². The highest BCUT2D eigenvalue weighted by atomic mass is 19.4. The number of alkyl halides is 6. The fourth-order valence-electron chi connectivity index (χ4n) is 0.994. The van der Waals surface area contributed by atoms with Gasteiger partial charge in [-0.15, -0.1) is 6.07 Å². The van der Waals surface area contributed by atoms with E-state index in [1.807, 2.05) is 0 Å². The molecule has 1 rings (SSSR count). The van der Waals surface area contributed by atoms with Crippen LogP contribution in [0.15, 0.2) is 24.3 Å². The first-order valence-corrected chi connectivity index (χ1v) is 3.78. The lowest BCUT2D eigenvalue weighted by molar-refractivity contribution is -0.137. The van der Waals surface area contributed by atoms with Crippen LogP contribution in [0, 0.1) is 6.42 Å². The molecule has 0 amide bonds. The van der Waals surface area contributed by atoms with Gasteiger partial charge in [0.1, 0.15) is 0 Å². The molecule has 0 aliphatic rings. The van der Waals surface area contributed by atoms with Crippen molar-refractivity contribution < 1.29 is 26.3 Å². The molecular weight excluding hydrogens is 222 g/mol. The molecule has 1 aromatic carbocycles. The van der Waals surface area contributed by atoms with Gasteiger partial charge in [0.05, 0.1) is 0 Å². The van der Waals surface area contributed by atoms with Crippen molar-refractivity contribution in [1.29, 1.82) is 0 Å². The summed E-state index contributed by atoms with van der Waals surface area (Å²) in [6.07, 6.45) is -9.43. The summed E-state index contributed by atoms with van der Waals surface area (Å²) in [6, 6.07) is 3.06. The molecule has 0 radical (unpaired) electrons. The van der Waals surface area contributed by atoms with Gasteiger partial charge < -0.3 is 0 Å². The Labute approximate surface area is 81.5 Å². The predicted molar refractivity (Wildman–Crippen MR) is 40.9 cm³/mol. The van der Waals surface area contributed by atoms with Gasteiger partial charge >= 0.3 is 12.4 Å². The maximum absolute atomic E-state index is 12.1. The van der Waals surface area contributed by atoms with Crippen LogP contribution in [0.1, 0.15) is 11.1 Å². The molecule has 0 bridgehead atoms. The van der Waals surface area contributed by atoms with Crippen molar-refractivity contribution in [3.05, 3.63) is 41.8 Å². The van der Waals surface area contributed by atoms with Crippen molar-refractivity contribution in [3.63, 3.8) is 0 Å². The molecule has 0 saturated heterocycles. The molecule has 6 heteroatoms. The Morgan fingerprint density at radius 1 is 0.933 bits per heavy atom. The molecule has 0 aliphatic heterocycles. The quantitative estimate of drug-likeness (QED) is 0.505.